The number of nitrogens with two attached hydrogens (primary N) is 1. The van der Waals surface area contributed by atoms with E-state index in [1.165, 1.54) is 47.8 Å². The first-order chi connectivity index (χ1) is 8.34. The predicted octanol–water partition coefficient (Wildman–Crippen LogP) is 3.27. The molecule has 2 N–H and O–H groups in total. The summed E-state index contributed by atoms with van der Waals surface area (Å²) in [6, 6.07) is 9.47. The second-order valence-electron chi connectivity index (χ2n) is 5.44. The highest BCUT2D eigenvalue weighted by atomic mass is 14.6. The molecule has 0 aliphatic heterocycles. The Balaban J connectivity index is 2.14. The Morgan fingerprint density at radius 3 is 2.88 bits per heavy atom. The molecule has 0 bridgehead atoms. The van der Waals surface area contributed by atoms with Gasteiger partial charge < -0.3 is 5.73 Å². The zero-order valence-corrected chi connectivity index (χ0v) is 10.00. The molecule has 0 aromatic heterocycles. The molecule has 2 aliphatic carbocycles. The quantitative estimate of drug-likeness (QED) is 0.728. The Bertz CT molecular complexity index is 612. The van der Waals surface area contributed by atoms with E-state index in [1.807, 2.05) is 0 Å². The van der Waals surface area contributed by atoms with Gasteiger partial charge in [0.15, 0.2) is 0 Å². The molecule has 0 fully saturated rings. The first-order valence-electron chi connectivity index (χ1n) is 6.66. The second kappa shape index (κ2) is 3.33. The SMILES string of the molecule is N[C@@H]1CCCc2c1cc1c3c(cccc23)CC1. The van der Waals surface area contributed by atoms with E-state index < -0.39 is 0 Å². The highest BCUT2D eigenvalue weighted by Crippen LogP contribution is 2.39. The standard InChI is InChI=1S/C16H17N/c17-15-6-2-4-12-13-5-1-3-10-7-8-11(16(10)13)9-14(12)15/h1,3,5,9,15H,2,4,6-8,17H2/t15-/m1/s1. The first-order valence-corrected chi connectivity index (χ1v) is 6.66. The Labute approximate surface area is 102 Å². The third-order valence-electron chi connectivity index (χ3n) is 4.48. The summed E-state index contributed by atoms with van der Waals surface area (Å²) in [4.78, 5) is 0. The Kier molecular flexibility index (Phi) is 1.89. The summed E-state index contributed by atoms with van der Waals surface area (Å²) >= 11 is 0. The van der Waals surface area contributed by atoms with Crippen LogP contribution in [-0.2, 0) is 19.3 Å². The lowest BCUT2D eigenvalue weighted by Gasteiger charge is -2.24. The van der Waals surface area contributed by atoms with Gasteiger partial charge in [-0.1, -0.05) is 24.3 Å². The zero-order chi connectivity index (χ0) is 11.4. The van der Waals surface area contributed by atoms with Crippen LogP contribution in [0.5, 0.6) is 0 Å². The fourth-order valence-corrected chi connectivity index (χ4v) is 3.67. The van der Waals surface area contributed by atoms with Crippen LogP contribution in [0.3, 0.4) is 0 Å². The van der Waals surface area contributed by atoms with Crippen molar-refractivity contribution in [2.75, 3.05) is 0 Å². The summed E-state index contributed by atoms with van der Waals surface area (Å²) < 4.78 is 0. The van der Waals surface area contributed by atoms with Gasteiger partial charge >= 0.3 is 0 Å². The third-order valence-corrected chi connectivity index (χ3v) is 4.48. The molecule has 0 spiro atoms. The minimum Gasteiger partial charge on any atom is -0.324 e. The maximum atomic E-state index is 6.28. The van der Waals surface area contributed by atoms with Crippen LogP contribution in [-0.4, -0.2) is 0 Å². The fourth-order valence-electron chi connectivity index (χ4n) is 3.67. The fraction of sp³-hybridized carbons (Fsp3) is 0.375. The van der Waals surface area contributed by atoms with E-state index in [1.54, 1.807) is 10.9 Å². The van der Waals surface area contributed by atoms with E-state index in [0.717, 1.165) is 6.42 Å². The van der Waals surface area contributed by atoms with Gasteiger partial charge in [0, 0.05) is 6.04 Å². The predicted molar refractivity (Wildman–Crippen MR) is 71.2 cm³/mol. The molecule has 0 unspecified atom stereocenters. The second-order valence-corrected chi connectivity index (χ2v) is 5.44. The summed E-state index contributed by atoms with van der Waals surface area (Å²) in [6.45, 7) is 0. The van der Waals surface area contributed by atoms with Gasteiger partial charge in [0.05, 0.1) is 0 Å². The largest absolute Gasteiger partial charge is 0.324 e. The summed E-state index contributed by atoms with van der Waals surface area (Å²) in [6.07, 6.45) is 6.02. The highest BCUT2D eigenvalue weighted by molar-refractivity contribution is 5.94. The molecule has 2 aromatic rings. The smallest absolute Gasteiger partial charge is 0.0298 e. The van der Waals surface area contributed by atoms with Gasteiger partial charge in [0.2, 0.25) is 0 Å². The monoisotopic (exact) mass is 223 g/mol. The molecule has 1 nitrogen and oxygen atoms in total. The topological polar surface area (TPSA) is 26.0 Å². The molecule has 2 aromatic carbocycles. The van der Waals surface area contributed by atoms with Crippen LogP contribution in [0, 0.1) is 0 Å². The van der Waals surface area contributed by atoms with Crippen molar-refractivity contribution in [1.82, 2.24) is 0 Å². The van der Waals surface area contributed by atoms with Crippen LogP contribution in [0.1, 0.15) is 41.1 Å². The van der Waals surface area contributed by atoms with Crippen molar-refractivity contribution in [3.8, 4) is 0 Å². The van der Waals surface area contributed by atoms with Gasteiger partial charge in [0.25, 0.3) is 0 Å². The van der Waals surface area contributed by atoms with Crippen molar-refractivity contribution in [2.24, 2.45) is 5.73 Å². The zero-order valence-electron chi connectivity index (χ0n) is 10.00. The van der Waals surface area contributed by atoms with E-state index >= 15 is 0 Å². The van der Waals surface area contributed by atoms with Gasteiger partial charge in [-0.15, -0.1) is 0 Å². The lowest BCUT2D eigenvalue weighted by Crippen LogP contribution is -2.18. The molecule has 0 radical (unpaired) electrons. The lowest BCUT2D eigenvalue weighted by atomic mass is 9.83. The first kappa shape index (κ1) is 9.67. The van der Waals surface area contributed by atoms with Crippen molar-refractivity contribution >= 4 is 10.8 Å². The van der Waals surface area contributed by atoms with E-state index in [-0.39, 0.29) is 6.04 Å². The molecule has 2 aliphatic rings. The van der Waals surface area contributed by atoms with Crippen molar-refractivity contribution < 1.29 is 0 Å². The molecule has 0 amide bonds. The van der Waals surface area contributed by atoms with Gasteiger partial charge in [0.1, 0.15) is 0 Å². The van der Waals surface area contributed by atoms with Gasteiger partial charge in [-0.2, -0.15) is 0 Å². The van der Waals surface area contributed by atoms with Crippen molar-refractivity contribution in [1.29, 1.82) is 0 Å². The van der Waals surface area contributed by atoms with E-state index in [4.69, 9.17) is 5.73 Å². The van der Waals surface area contributed by atoms with Gasteiger partial charge in [-0.05, 0) is 65.1 Å². The van der Waals surface area contributed by atoms with Crippen LogP contribution in [0.25, 0.3) is 10.8 Å². The lowest BCUT2D eigenvalue weighted by molar-refractivity contribution is 0.573. The number of benzene rings is 2. The number of fused-ring (bicyclic) bond motifs is 2. The van der Waals surface area contributed by atoms with Crippen LogP contribution in [0.2, 0.25) is 0 Å². The summed E-state index contributed by atoms with van der Waals surface area (Å²) in [5.41, 5.74) is 12.3. The average Bonchev–Trinajstić information content (AvgIpc) is 2.76. The van der Waals surface area contributed by atoms with Crippen molar-refractivity contribution in [2.45, 2.75) is 38.1 Å². The molecule has 4 rings (SSSR count). The summed E-state index contributed by atoms with van der Waals surface area (Å²) in [7, 11) is 0. The molecule has 0 heterocycles. The van der Waals surface area contributed by atoms with Crippen molar-refractivity contribution in [3.63, 3.8) is 0 Å². The molecule has 86 valence electrons. The molecular formula is C16H17N. The van der Waals surface area contributed by atoms with Crippen LogP contribution in [0.15, 0.2) is 24.3 Å². The highest BCUT2D eigenvalue weighted by Gasteiger charge is 2.23. The molecule has 0 saturated heterocycles. The number of hydrogen-bond acceptors (Lipinski definition) is 1. The van der Waals surface area contributed by atoms with E-state index in [9.17, 15) is 0 Å². The van der Waals surface area contributed by atoms with Crippen LogP contribution in [0.4, 0.5) is 0 Å². The normalized spacial score (nSPS) is 21.8. The van der Waals surface area contributed by atoms with E-state index in [0.29, 0.717) is 0 Å². The molecule has 1 atom stereocenters. The number of hydrogen-bond donors (Lipinski definition) is 1. The maximum Gasteiger partial charge on any atom is 0.0298 e. The molecule has 0 saturated carbocycles. The molecular weight excluding hydrogens is 206 g/mol. The average molecular weight is 223 g/mol. The van der Waals surface area contributed by atoms with Crippen molar-refractivity contribution in [3.05, 3.63) is 46.5 Å². The van der Waals surface area contributed by atoms with E-state index in [2.05, 4.69) is 24.3 Å². The summed E-state index contributed by atoms with van der Waals surface area (Å²) in [5.74, 6) is 0. The Morgan fingerprint density at radius 2 is 1.94 bits per heavy atom. The minimum atomic E-state index is 0.267. The maximum absolute atomic E-state index is 6.28. The van der Waals surface area contributed by atoms with Gasteiger partial charge in [-0.3, -0.25) is 0 Å². The van der Waals surface area contributed by atoms with Crippen LogP contribution >= 0.6 is 0 Å². The number of rotatable bonds is 0. The summed E-state index contributed by atoms with van der Waals surface area (Å²) in [5, 5.41) is 3.03. The minimum absolute atomic E-state index is 0.267. The van der Waals surface area contributed by atoms with Gasteiger partial charge in [-0.25, -0.2) is 0 Å². The molecule has 1 heteroatoms. The third kappa shape index (κ3) is 1.23. The molecule has 17 heavy (non-hydrogen) atoms. The Morgan fingerprint density at radius 1 is 1.06 bits per heavy atom. The number of aryl methyl sites for hydroxylation is 3. The van der Waals surface area contributed by atoms with Crippen LogP contribution < -0.4 is 5.73 Å². The Hall–Kier alpha value is -1.34.